The molecule has 42 heavy (non-hydrogen) atoms. The van der Waals surface area contributed by atoms with Gasteiger partial charge in [-0.1, -0.05) is 24.0 Å². The van der Waals surface area contributed by atoms with E-state index in [0.717, 1.165) is 23.1 Å². The number of carbonyl (C=O) groups is 3. The number of nitrogens with one attached hydrogen (secondary N) is 1. The van der Waals surface area contributed by atoms with Crippen LogP contribution in [0.4, 0.5) is 26.3 Å². The largest absolute Gasteiger partial charge is 0.481 e. The highest BCUT2D eigenvalue weighted by Gasteiger charge is 2.37. The minimum atomic E-state index is -4.97. The Labute approximate surface area is 250 Å². The smallest absolute Gasteiger partial charge is 0.416 e. The second-order valence-electron chi connectivity index (χ2n) is 9.98. The third kappa shape index (κ3) is 7.92. The lowest BCUT2D eigenvalue weighted by Gasteiger charge is -2.26. The summed E-state index contributed by atoms with van der Waals surface area (Å²) in [6, 6.07) is 2.75. The molecule has 15 heteroatoms. The summed E-state index contributed by atoms with van der Waals surface area (Å²) in [5.74, 6) is -1.70. The number of benzene rings is 1. The number of carboxylic acids is 1. The van der Waals surface area contributed by atoms with Crippen molar-refractivity contribution in [2.45, 2.75) is 44.5 Å². The highest BCUT2D eigenvalue weighted by Crippen LogP contribution is 2.40. The van der Waals surface area contributed by atoms with Crippen molar-refractivity contribution < 1.29 is 45.8 Å². The number of alkyl halides is 6. The summed E-state index contributed by atoms with van der Waals surface area (Å²) in [5.41, 5.74) is -2.97. The standard InChI is InChI=1S/C27H24F6N2O4S3/c28-26(29,30)18-7-16(8-19(10-18)27(31,32)33)17-9-20(41-13-17)11-21-23(37)35(25(40)42-21)6-5-22(36)34-12-14-1-3-15(4-2-14)24(38)39/h7-11,13-15H,1-6,12H2,(H,34,36)(H,38,39)/b21-11-. The molecule has 6 nitrogen and oxygen atoms in total. The third-order valence-corrected chi connectivity index (χ3v) is 9.29. The summed E-state index contributed by atoms with van der Waals surface area (Å²) < 4.78 is 79.7. The van der Waals surface area contributed by atoms with Crippen LogP contribution in [0.15, 0.2) is 34.6 Å². The molecule has 1 saturated carbocycles. The van der Waals surface area contributed by atoms with Gasteiger partial charge in [0.1, 0.15) is 4.32 Å². The van der Waals surface area contributed by atoms with E-state index in [-0.39, 0.29) is 57.1 Å². The van der Waals surface area contributed by atoms with Crippen LogP contribution in [0.2, 0.25) is 0 Å². The van der Waals surface area contributed by atoms with E-state index in [1.807, 2.05) is 0 Å². The average molecular weight is 651 g/mol. The number of thiocarbonyl (C=S) groups is 1. The first kappa shape index (κ1) is 32.0. The number of rotatable bonds is 8. The maximum absolute atomic E-state index is 13.2. The number of aliphatic carboxylic acids is 1. The van der Waals surface area contributed by atoms with E-state index >= 15 is 0 Å². The monoisotopic (exact) mass is 650 g/mol. The van der Waals surface area contributed by atoms with Gasteiger partial charge in [-0.05, 0) is 78.4 Å². The van der Waals surface area contributed by atoms with Gasteiger partial charge in [0.05, 0.1) is 21.9 Å². The van der Waals surface area contributed by atoms with Gasteiger partial charge in [0.15, 0.2) is 0 Å². The Hall–Kier alpha value is -2.91. The fourth-order valence-electron chi connectivity index (χ4n) is 4.70. The molecule has 2 N–H and O–H groups in total. The molecule has 0 spiro atoms. The molecular formula is C27H24F6N2O4S3. The van der Waals surface area contributed by atoms with Crippen molar-refractivity contribution in [1.29, 1.82) is 0 Å². The number of hydrogen-bond acceptors (Lipinski definition) is 6. The molecule has 2 heterocycles. The van der Waals surface area contributed by atoms with Crippen LogP contribution in [-0.4, -0.2) is 45.2 Å². The Balaban J connectivity index is 1.37. The molecule has 2 aliphatic rings. The number of halogens is 6. The van der Waals surface area contributed by atoms with Crippen molar-refractivity contribution in [3.8, 4) is 11.1 Å². The summed E-state index contributed by atoms with van der Waals surface area (Å²) >= 11 is 7.30. The number of amides is 2. The fraction of sp³-hybridized carbons (Fsp3) is 0.407. The number of hydrogen-bond donors (Lipinski definition) is 2. The zero-order valence-electron chi connectivity index (χ0n) is 21.7. The van der Waals surface area contributed by atoms with Gasteiger partial charge < -0.3 is 10.4 Å². The van der Waals surface area contributed by atoms with Crippen molar-refractivity contribution in [1.82, 2.24) is 10.2 Å². The second kappa shape index (κ2) is 12.8. The van der Waals surface area contributed by atoms with E-state index in [1.165, 1.54) is 22.4 Å². The second-order valence-corrected chi connectivity index (χ2v) is 12.6. The molecule has 1 saturated heterocycles. The summed E-state index contributed by atoms with van der Waals surface area (Å²) in [7, 11) is 0. The summed E-state index contributed by atoms with van der Waals surface area (Å²) in [6.45, 7) is 0.445. The molecule has 0 radical (unpaired) electrons. The van der Waals surface area contributed by atoms with Crippen LogP contribution >= 0.6 is 35.3 Å². The Bertz CT molecular complexity index is 1380. The Morgan fingerprint density at radius 3 is 2.19 bits per heavy atom. The van der Waals surface area contributed by atoms with E-state index in [4.69, 9.17) is 17.3 Å². The van der Waals surface area contributed by atoms with Crippen LogP contribution < -0.4 is 5.32 Å². The summed E-state index contributed by atoms with van der Waals surface area (Å²) in [4.78, 5) is 38.3. The van der Waals surface area contributed by atoms with Crippen molar-refractivity contribution in [2.24, 2.45) is 11.8 Å². The lowest BCUT2D eigenvalue weighted by atomic mass is 9.82. The summed E-state index contributed by atoms with van der Waals surface area (Å²) in [5, 5.41) is 13.3. The molecule has 0 bridgehead atoms. The van der Waals surface area contributed by atoms with Gasteiger partial charge in [-0.25, -0.2) is 0 Å². The van der Waals surface area contributed by atoms with E-state index in [9.17, 15) is 40.7 Å². The van der Waals surface area contributed by atoms with Gasteiger partial charge in [-0.2, -0.15) is 26.3 Å². The molecule has 1 aromatic carbocycles. The third-order valence-electron chi connectivity index (χ3n) is 7.03. The highest BCUT2D eigenvalue weighted by atomic mass is 32.2. The van der Waals surface area contributed by atoms with E-state index < -0.39 is 35.4 Å². The quantitative estimate of drug-likeness (QED) is 0.181. The predicted octanol–water partition coefficient (Wildman–Crippen LogP) is 7.05. The van der Waals surface area contributed by atoms with Gasteiger partial charge in [0.25, 0.3) is 5.91 Å². The molecule has 1 aliphatic carbocycles. The normalized spacial score (nSPS) is 20.8. The Morgan fingerprint density at radius 1 is 1.00 bits per heavy atom. The topological polar surface area (TPSA) is 86.7 Å². The zero-order chi connectivity index (χ0) is 30.8. The molecule has 1 aromatic heterocycles. The lowest BCUT2D eigenvalue weighted by molar-refractivity contribution is -0.144. The van der Waals surface area contributed by atoms with E-state index in [2.05, 4.69) is 5.32 Å². The highest BCUT2D eigenvalue weighted by molar-refractivity contribution is 8.26. The SMILES string of the molecule is O=C(CCN1C(=O)/C(=C/c2cc(-c3cc(C(F)(F)F)cc(C(F)(F)F)c3)cs2)SC1=S)NCC1CCC(C(=O)O)CC1. The summed E-state index contributed by atoms with van der Waals surface area (Å²) in [6.07, 6.45) is -5.94. The van der Waals surface area contributed by atoms with Crippen LogP contribution in [0.3, 0.4) is 0 Å². The molecule has 1 aliphatic heterocycles. The van der Waals surface area contributed by atoms with E-state index in [0.29, 0.717) is 49.2 Å². The molecular weight excluding hydrogens is 626 g/mol. The van der Waals surface area contributed by atoms with Gasteiger partial charge in [0, 0.05) is 24.4 Å². The Morgan fingerprint density at radius 2 is 1.62 bits per heavy atom. The maximum Gasteiger partial charge on any atom is 0.416 e. The van der Waals surface area contributed by atoms with Crippen LogP contribution in [0, 0.1) is 11.8 Å². The van der Waals surface area contributed by atoms with Crippen LogP contribution in [-0.2, 0) is 26.7 Å². The van der Waals surface area contributed by atoms with Crippen molar-refractivity contribution in [2.75, 3.05) is 13.1 Å². The van der Waals surface area contributed by atoms with Crippen LogP contribution in [0.5, 0.6) is 0 Å². The first-order chi connectivity index (χ1) is 19.6. The molecule has 0 atom stereocenters. The first-order valence-electron chi connectivity index (χ1n) is 12.7. The molecule has 226 valence electrons. The maximum atomic E-state index is 13.2. The molecule has 2 aromatic rings. The van der Waals surface area contributed by atoms with Crippen LogP contribution in [0.25, 0.3) is 17.2 Å². The van der Waals surface area contributed by atoms with Gasteiger partial charge in [-0.15, -0.1) is 11.3 Å². The number of thiophene rings is 1. The molecule has 2 fully saturated rings. The average Bonchev–Trinajstić information content (AvgIpc) is 3.49. The molecule has 2 amide bonds. The number of nitrogens with zero attached hydrogens (tertiary/aromatic N) is 1. The van der Waals surface area contributed by atoms with Crippen LogP contribution in [0.1, 0.15) is 48.1 Å². The van der Waals surface area contributed by atoms with Crippen molar-refractivity contribution >= 4 is 63.5 Å². The van der Waals surface area contributed by atoms with Gasteiger partial charge in [-0.3, -0.25) is 19.3 Å². The lowest BCUT2D eigenvalue weighted by Crippen LogP contribution is -2.36. The van der Waals surface area contributed by atoms with Crippen molar-refractivity contribution in [3.63, 3.8) is 0 Å². The van der Waals surface area contributed by atoms with Crippen molar-refractivity contribution in [3.05, 3.63) is 50.6 Å². The zero-order valence-corrected chi connectivity index (χ0v) is 24.1. The minimum absolute atomic E-state index is 0.00950. The minimum Gasteiger partial charge on any atom is -0.481 e. The number of thioether (sulfide) groups is 1. The molecule has 0 unspecified atom stereocenters. The number of carbonyl (C=O) groups excluding carboxylic acids is 2. The predicted molar refractivity (Wildman–Crippen MR) is 150 cm³/mol. The van der Waals surface area contributed by atoms with E-state index in [1.54, 1.807) is 0 Å². The number of carboxylic acid groups (broad SMARTS) is 1. The first-order valence-corrected chi connectivity index (χ1v) is 14.9. The Kier molecular flexibility index (Phi) is 9.72. The van der Waals surface area contributed by atoms with Gasteiger partial charge in [0.2, 0.25) is 5.91 Å². The fourth-order valence-corrected chi connectivity index (χ4v) is 6.92. The molecule has 4 rings (SSSR count). The van der Waals surface area contributed by atoms with Gasteiger partial charge >= 0.3 is 18.3 Å².